The Hall–Kier alpha value is -2.01. The molecular formula is C16H16BrNO3. The molecule has 2 aromatic rings. The lowest BCUT2D eigenvalue weighted by Gasteiger charge is -2.12. The van der Waals surface area contributed by atoms with E-state index in [-0.39, 0.29) is 5.91 Å². The summed E-state index contributed by atoms with van der Waals surface area (Å²) in [6.45, 7) is 1.93. The van der Waals surface area contributed by atoms with Gasteiger partial charge in [0.1, 0.15) is 11.5 Å². The van der Waals surface area contributed by atoms with Crippen LogP contribution in [0.1, 0.15) is 15.9 Å². The molecule has 0 atom stereocenters. The fourth-order valence-corrected chi connectivity index (χ4v) is 2.42. The van der Waals surface area contributed by atoms with Gasteiger partial charge in [0.25, 0.3) is 5.91 Å². The van der Waals surface area contributed by atoms with E-state index < -0.39 is 0 Å². The van der Waals surface area contributed by atoms with E-state index in [1.54, 1.807) is 25.3 Å². The summed E-state index contributed by atoms with van der Waals surface area (Å²) in [5.41, 5.74) is 2.16. The van der Waals surface area contributed by atoms with E-state index in [0.29, 0.717) is 17.1 Å². The molecule has 110 valence electrons. The molecule has 0 heterocycles. The number of hydrogen-bond donors (Lipinski definition) is 1. The molecule has 0 bridgehead atoms. The number of methoxy groups -OCH3 is 2. The van der Waals surface area contributed by atoms with Crippen molar-refractivity contribution in [2.75, 3.05) is 19.5 Å². The predicted octanol–water partition coefficient (Wildman–Crippen LogP) is 4.03. The number of carbonyl (C=O) groups excluding carboxylic acids is 1. The van der Waals surface area contributed by atoms with Crippen LogP contribution in [0.4, 0.5) is 5.69 Å². The molecule has 21 heavy (non-hydrogen) atoms. The monoisotopic (exact) mass is 349 g/mol. The molecular weight excluding hydrogens is 334 g/mol. The van der Waals surface area contributed by atoms with Crippen molar-refractivity contribution in [3.63, 3.8) is 0 Å². The van der Waals surface area contributed by atoms with Gasteiger partial charge < -0.3 is 14.8 Å². The normalized spacial score (nSPS) is 10.1. The van der Waals surface area contributed by atoms with Crippen LogP contribution < -0.4 is 14.8 Å². The first-order valence-corrected chi connectivity index (χ1v) is 7.14. The average Bonchev–Trinajstić information content (AvgIpc) is 2.49. The van der Waals surface area contributed by atoms with E-state index >= 15 is 0 Å². The van der Waals surface area contributed by atoms with Gasteiger partial charge >= 0.3 is 0 Å². The molecule has 4 nitrogen and oxygen atoms in total. The van der Waals surface area contributed by atoms with Crippen molar-refractivity contribution in [1.82, 2.24) is 0 Å². The molecule has 0 unspecified atom stereocenters. The lowest BCUT2D eigenvalue weighted by atomic mass is 10.1. The van der Waals surface area contributed by atoms with Crippen LogP contribution in [0.2, 0.25) is 0 Å². The fourth-order valence-electron chi connectivity index (χ4n) is 1.95. The molecule has 0 aromatic heterocycles. The summed E-state index contributed by atoms with van der Waals surface area (Å²) >= 11 is 3.40. The quantitative estimate of drug-likeness (QED) is 0.906. The highest BCUT2D eigenvalue weighted by Gasteiger charge is 2.14. The number of carbonyl (C=O) groups is 1. The van der Waals surface area contributed by atoms with Gasteiger partial charge in [0.15, 0.2) is 0 Å². The van der Waals surface area contributed by atoms with Crippen LogP contribution in [-0.4, -0.2) is 20.1 Å². The number of amides is 1. The van der Waals surface area contributed by atoms with Crippen LogP contribution in [-0.2, 0) is 0 Å². The zero-order valence-corrected chi connectivity index (χ0v) is 13.7. The Balaban J connectivity index is 2.31. The highest BCUT2D eigenvalue weighted by Crippen LogP contribution is 2.26. The third kappa shape index (κ3) is 3.55. The summed E-state index contributed by atoms with van der Waals surface area (Å²) in [6, 6.07) is 10.8. The molecule has 0 saturated carbocycles. The maximum Gasteiger partial charge on any atom is 0.259 e. The van der Waals surface area contributed by atoms with Gasteiger partial charge in [-0.1, -0.05) is 15.9 Å². The van der Waals surface area contributed by atoms with Gasteiger partial charge in [0.2, 0.25) is 0 Å². The second-order valence-electron chi connectivity index (χ2n) is 4.48. The van der Waals surface area contributed by atoms with Crippen molar-refractivity contribution in [3.05, 3.63) is 52.0 Å². The Labute approximate surface area is 132 Å². The highest BCUT2D eigenvalue weighted by atomic mass is 79.9. The number of ether oxygens (including phenoxy) is 2. The van der Waals surface area contributed by atoms with Crippen LogP contribution in [0.3, 0.4) is 0 Å². The molecule has 0 aliphatic carbocycles. The number of benzene rings is 2. The zero-order chi connectivity index (χ0) is 15.4. The first-order chi connectivity index (χ1) is 10.0. The lowest BCUT2D eigenvalue weighted by Crippen LogP contribution is -2.14. The first-order valence-electron chi connectivity index (χ1n) is 6.34. The van der Waals surface area contributed by atoms with Crippen molar-refractivity contribution in [2.45, 2.75) is 6.92 Å². The van der Waals surface area contributed by atoms with Gasteiger partial charge in [0.05, 0.1) is 19.8 Å². The molecule has 0 aliphatic heterocycles. The molecule has 0 saturated heterocycles. The van der Waals surface area contributed by atoms with Gasteiger partial charge in [-0.2, -0.15) is 0 Å². The number of nitrogens with one attached hydrogen (secondary N) is 1. The molecule has 1 N–H and O–H groups in total. The summed E-state index contributed by atoms with van der Waals surface area (Å²) in [4.78, 5) is 12.4. The summed E-state index contributed by atoms with van der Waals surface area (Å²) in [7, 11) is 3.09. The Morgan fingerprint density at radius 3 is 2.48 bits per heavy atom. The number of hydrogen-bond acceptors (Lipinski definition) is 3. The minimum Gasteiger partial charge on any atom is -0.497 e. The van der Waals surface area contributed by atoms with Crippen molar-refractivity contribution < 1.29 is 14.3 Å². The van der Waals surface area contributed by atoms with Crippen LogP contribution in [0, 0.1) is 6.92 Å². The Morgan fingerprint density at radius 2 is 1.86 bits per heavy atom. The molecule has 5 heteroatoms. The highest BCUT2D eigenvalue weighted by molar-refractivity contribution is 9.10. The van der Waals surface area contributed by atoms with Crippen LogP contribution >= 0.6 is 15.9 Å². The third-order valence-electron chi connectivity index (χ3n) is 3.09. The van der Waals surface area contributed by atoms with E-state index in [1.807, 2.05) is 25.1 Å². The number of anilines is 1. The fraction of sp³-hybridized carbons (Fsp3) is 0.188. The molecule has 2 rings (SSSR count). The van der Waals surface area contributed by atoms with E-state index in [1.165, 1.54) is 7.11 Å². The van der Waals surface area contributed by atoms with Gasteiger partial charge in [-0.25, -0.2) is 0 Å². The standard InChI is InChI=1S/C16H16BrNO3/c1-10-8-11(17)4-6-14(10)18-16(19)13-9-12(20-2)5-7-15(13)21-3/h4-9H,1-3H3,(H,18,19). The van der Waals surface area contributed by atoms with Crippen LogP contribution in [0.5, 0.6) is 11.5 Å². The third-order valence-corrected chi connectivity index (χ3v) is 3.58. The molecule has 0 aliphatic rings. The topological polar surface area (TPSA) is 47.6 Å². The largest absolute Gasteiger partial charge is 0.497 e. The average molecular weight is 350 g/mol. The van der Waals surface area contributed by atoms with Crippen molar-refractivity contribution >= 4 is 27.5 Å². The van der Waals surface area contributed by atoms with E-state index in [4.69, 9.17) is 9.47 Å². The summed E-state index contributed by atoms with van der Waals surface area (Å²) in [5, 5.41) is 2.88. The predicted molar refractivity (Wildman–Crippen MR) is 86.4 cm³/mol. The molecule has 0 spiro atoms. The van der Waals surface area contributed by atoms with Gasteiger partial charge in [-0.3, -0.25) is 4.79 Å². The second kappa shape index (κ2) is 6.63. The van der Waals surface area contributed by atoms with Crippen LogP contribution in [0.25, 0.3) is 0 Å². The number of aryl methyl sites for hydroxylation is 1. The zero-order valence-electron chi connectivity index (χ0n) is 12.1. The minimum absolute atomic E-state index is 0.240. The molecule has 2 aromatic carbocycles. The molecule has 1 amide bonds. The van der Waals surface area contributed by atoms with Crippen LogP contribution in [0.15, 0.2) is 40.9 Å². The van der Waals surface area contributed by atoms with Gasteiger partial charge in [0, 0.05) is 10.2 Å². The summed E-state index contributed by atoms with van der Waals surface area (Å²) in [6.07, 6.45) is 0. The minimum atomic E-state index is -0.240. The smallest absolute Gasteiger partial charge is 0.259 e. The Kier molecular flexibility index (Phi) is 4.85. The van der Waals surface area contributed by atoms with E-state index in [9.17, 15) is 4.79 Å². The van der Waals surface area contributed by atoms with Crippen molar-refractivity contribution in [3.8, 4) is 11.5 Å². The SMILES string of the molecule is COc1ccc(OC)c(C(=O)Nc2ccc(Br)cc2C)c1. The van der Waals surface area contributed by atoms with Gasteiger partial charge in [-0.05, 0) is 48.9 Å². The second-order valence-corrected chi connectivity index (χ2v) is 5.40. The number of rotatable bonds is 4. The summed E-state index contributed by atoms with van der Waals surface area (Å²) < 4.78 is 11.4. The Bertz CT molecular complexity index is 671. The van der Waals surface area contributed by atoms with E-state index in [0.717, 1.165) is 15.7 Å². The maximum atomic E-state index is 12.4. The number of halogens is 1. The van der Waals surface area contributed by atoms with E-state index in [2.05, 4.69) is 21.2 Å². The summed E-state index contributed by atoms with van der Waals surface area (Å²) in [5.74, 6) is 0.868. The molecule has 0 radical (unpaired) electrons. The maximum absolute atomic E-state index is 12.4. The van der Waals surface area contributed by atoms with Gasteiger partial charge in [-0.15, -0.1) is 0 Å². The van der Waals surface area contributed by atoms with Crippen molar-refractivity contribution in [2.24, 2.45) is 0 Å². The first kappa shape index (κ1) is 15.4. The molecule has 0 fully saturated rings. The van der Waals surface area contributed by atoms with Crippen molar-refractivity contribution in [1.29, 1.82) is 0 Å². The lowest BCUT2D eigenvalue weighted by molar-refractivity contribution is 0.102. The Morgan fingerprint density at radius 1 is 1.10 bits per heavy atom.